The van der Waals surface area contributed by atoms with Crippen molar-refractivity contribution >= 4 is 29.2 Å². The first kappa shape index (κ1) is 18.8. The van der Waals surface area contributed by atoms with Gasteiger partial charge < -0.3 is 14.8 Å². The molecule has 1 N–H and O–H groups in total. The molecule has 6 heteroatoms. The van der Waals surface area contributed by atoms with Gasteiger partial charge in [0, 0.05) is 10.7 Å². The van der Waals surface area contributed by atoms with Crippen molar-refractivity contribution in [2.24, 2.45) is 0 Å². The minimum atomic E-state index is -0.911. The lowest BCUT2D eigenvalue weighted by atomic mass is 10.2. The molecule has 0 radical (unpaired) electrons. The molecule has 0 unspecified atom stereocenters. The van der Waals surface area contributed by atoms with E-state index in [4.69, 9.17) is 21.1 Å². The molecule has 1 atom stereocenters. The molecule has 0 spiro atoms. The molecule has 0 aliphatic rings. The predicted octanol–water partition coefficient (Wildman–Crippen LogP) is 3.99. The third-order valence-corrected chi connectivity index (χ3v) is 3.60. The quantitative estimate of drug-likeness (QED) is 0.757. The van der Waals surface area contributed by atoms with Gasteiger partial charge in [0.1, 0.15) is 5.75 Å². The van der Waals surface area contributed by atoms with E-state index >= 15 is 0 Å². The van der Waals surface area contributed by atoms with Crippen molar-refractivity contribution < 1.29 is 19.1 Å². The van der Waals surface area contributed by atoms with E-state index in [0.29, 0.717) is 16.5 Å². The van der Waals surface area contributed by atoms with Gasteiger partial charge in [-0.3, -0.25) is 9.59 Å². The molecule has 25 heavy (non-hydrogen) atoms. The Balaban J connectivity index is 1.73. The first-order chi connectivity index (χ1) is 11.9. The van der Waals surface area contributed by atoms with Crippen molar-refractivity contribution in [1.29, 1.82) is 0 Å². The van der Waals surface area contributed by atoms with Gasteiger partial charge in [0.15, 0.2) is 6.10 Å². The number of carbonyl (C=O) groups is 2. The van der Waals surface area contributed by atoms with Crippen LogP contribution in [0.5, 0.6) is 5.75 Å². The second-order valence-corrected chi connectivity index (χ2v) is 5.98. The van der Waals surface area contributed by atoms with Crippen molar-refractivity contribution in [3.8, 4) is 5.75 Å². The van der Waals surface area contributed by atoms with Crippen LogP contribution in [0.15, 0.2) is 48.5 Å². The van der Waals surface area contributed by atoms with Crippen LogP contribution in [0.2, 0.25) is 5.02 Å². The topological polar surface area (TPSA) is 64.6 Å². The fraction of sp³-hybridized carbons (Fsp3) is 0.263. The Morgan fingerprint density at radius 1 is 1.16 bits per heavy atom. The van der Waals surface area contributed by atoms with E-state index < -0.39 is 18.0 Å². The van der Waals surface area contributed by atoms with Crippen LogP contribution in [0.3, 0.4) is 0 Å². The number of amides is 1. The zero-order valence-electron chi connectivity index (χ0n) is 14.1. The van der Waals surface area contributed by atoms with E-state index in [1.54, 1.807) is 24.3 Å². The molecule has 1 amide bonds. The van der Waals surface area contributed by atoms with E-state index in [-0.39, 0.29) is 13.0 Å². The number of ether oxygens (including phenoxy) is 2. The first-order valence-electron chi connectivity index (χ1n) is 7.89. The summed E-state index contributed by atoms with van der Waals surface area (Å²) in [6.45, 7) is 3.68. The number of esters is 1. The summed E-state index contributed by atoms with van der Waals surface area (Å²) < 4.78 is 10.6. The largest absolute Gasteiger partial charge is 0.493 e. The molecule has 5 nitrogen and oxygen atoms in total. The second kappa shape index (κ2) is 9.08. The fourth-order valence-electron chi connectivity index (χ4n) is 2.01. The summed E-state index contributed by atoms with van der Waals surface area (Å²) in [5.41, 5.74) is 1.68. The zero-order valence-corrected chi connectivity index (χ0v) is 14.9. The summed E-state index contributed by atoms with van der Waals surface area (Å²) in [7, 11) is 0. The summed E-state index contributed by atoms with van der Waals surface area (Å²) in [5.74, 6) is -0.235. The van der Waals surface area contributed by atoms with E-state index in [1.165, 1.54) is 6.92 Å². The van der Waals surface area contributed by atoms with Crippen LogP contribution in [0.1, 0.15) is 18.9 Å². The second-order valence-electron chi connectivity index (χ2n) is 5.54. The predicted molar refractivity (Wildman–Crippen MR) is 96.9 cm³/mol. The Morgan fingerprint density at radius 3 is 2.56 bits per heavy atom. The van der Waals surface area contributed by atoms with E-state index in [9.17, 15) is 9.59 Å². The van der Waals surface area contributed by atoms with Gasteiger partial charge in [0.2, 0.25) is 0 Å². The maximum Gasteiger partial charge on any atom is 0.310 e. The molecule has 0 saturated carbocycles. The van der Waals surface area contributed by atoms with Crippen LogP contribution < -0.4 is 10.1 Å². The van der Waals surface area contributed by atoms with Crippen molar-refractivity contribution in [2.45, 2.75) is 26.4 Å². The highest BCUT2D eigenvalue weighted by Crippen LogP contribution is 2.15. The first-order valence-corrected chi connectivity index (χ1v) is 8.27. The number of rotatable bonds is 7. The molecule has 2 aromatic carbocycles. The Bertz CT molecular complexity index is 730. The van der Waals surface area contributed by atoms with Gasteiger partial charge in [-0.2, -0.15) is 0 Å². The fourth-order valence-corrected chi connectivity index (χ4v) is 2.20. The molecule has 0 heterocycles. The van der Waals surface area contributed by atoms with Gasteiger partial charge in [0.05, 0.1) is 13.0 Å². The number of hydrogen-bond acceptors (Lipinski definition) is 4. The molecule has 0 aliphatic heterocycles. The Morgan fingerprint density at radius 2 is 1.88 bits per heavy atom. The summed E-state index contributed by atoms with van der Waals surface area (Å²) in [6, 6.07) is 14.3. The van der Waals surface area contributed by atoms with Crippen LogP contribution in [0, 0.1) is 6.92 Å². The maximum atomic E-state index is 12.0. The van der Waals surface area contributed by atoms with Gasteiger partial charge in [-0.05, 0) is 44.2 Å². The average Bonchev–Trinajstić information content (AvgIpc) is 2.56. The van der Waals surface area contributed by atoms with Gasteiger partial charge in [-0.25, -0.2) is 0 Å². The Hall–Kier alpha value is -2.53. The lowest BCUT2D eigenvalue weighted by Gasteiger charge is -2.14. The van der Waals surface area contributed by atoms with E-state index in [2.05, 4.69) is 5.32 Å². The van der Waals surface area contributed by atoms with Crippen LogP contribution in [-0.4, -0.2) is 24.6 Å². The minimum Gasteiger partial charge on any atom is -0.493 e. The lowest BCUT2D eigenvalue weighted by Crippen LogP contribution is -2.30. The maximum absolute atomic E-state index is 12.0. The number of carbonyl (C=O) groups excluding carboxylic acids is 2. The lowest BCUT2D eigenvalue weighted by molar-refractivity contribution is -0.153. The summed E-state index contributed by atoms with van der Waals surface area (Å²) in [4.78, 5) is 23.8. The van der Waals surface area contributed by atoms with E-state index in [1.807, 2.05) is 31.2 Å². The van der Waals surface area contributed by atoms with Crippen molar-refractivity contribution in [3.63, 3.8) is 0 Å². The molecular formula is C19H20ClNO4. The Labute approximate surface area is 151 Å². The smallest absolute Gasteiger partial charge is 0.310 e. The highest BCUT2D eigenvalue weighted by molar-refractivity contribution is 6.30. The molecule has 0 aromatic heterocycles. The van der Waals surface area contributed by atoms with Crippen LogP contribution >= 0.6 is 11.6 Å². The summed E-state index contributed by atoms with van der Waals surface area (Å²) >= 11 is 5.86. The van der Waals surface area contributed by atoms with Gasteiger partial charge >= 0.3 is 5.97 Å². The van der Waals surface area contributed by atoms with Crippen LogP contribution in [-0.2, 0) is 14.3 Å². The number of aryl methyl sites for hydroxylation is 1. The van der Waals surface area contributed by atoms with Crippen LogP contribution in [0.25, 0.3) is 0 Å². The van der Waals surface area contributed by atoms with Crippen LogP contribution in [0.4, 0.5) is 5.69 Å². The molecule has 0 saturated heterocycles. The summed E-state index contributed by atoms with van der Waals surface area (Å²) in [6.07, 6.45) is -0.853. The SMILES string of the molecule is Cc1ccc(OCCC(=O)O[C@H](C)C(=O)Nc2cccc(Cl)c2)cc1. The van der Waals surface area contributed by atoms with Gasteiger partial charge in [-0.1, -0.05) is 35.4 Å². The normalized spacial score (nSPS) is 11.5. The molecule has 132 valence electrons. The third-order valence-electron chi connectivity index (χ3n) is 3.37. The van der Waals surface area contributed by atoms with Gasteiger partial charge in [0.25, 0.3) is 5.91 Å². The third kappa shape index (κ3) is 6.47. The van der Waals surface area contributed by atoms with Gasteiger partial charge in [-0.15, -0.1) is 0 Å². The monoisotopic (exact) mass is 361 g/mol. The summed E-state index contributed by atoms with van der Waals surface area (Å²) in [5, 5.41) is 3.15. The van der Waals surface area contributed by atoms with Crippen molar-refractivity contribution in [1.82, 2.24) is 0 Å². The minimum absolute atomic E-state index is 0.0582. The molecule has 0 fully saturated rings. The van der Waals surface area contributed by atoms with Crippen molar-refractivity contribution in [2.75, 3.05) is 11.9 Å². The number of nitrogens with one attached hydrogen (secondary N) is 1. The number of hydrogen-bond donors (Lipinski definition) is 1. The van der Waals surface area contributed by atoms with Crippen molar-refractivity contribution in [3.05, 3.63) is 59.1 Å². The molecule has 0 bridgehead atoms. The molecule has 2 aromatic rings. The standard InChI is InChI=1S/C19H20ClNO4/c1-13-6-8-17(9-7-13)24-11-10-18(22)25-14(2)19(23)21-16-5-3-4-15(20)12-16/h3-9,12,14H,10-11H2,1-2H3,(H,21,23)/t14-/m1/s1. The Kier molecular flexibility index (Phi) is 6.83. The number of anilines is 1. The molecule has 0 aliphatic carbocycles. The average molecular weight is 362 g/mol. The number of benzene rings is 2. The number of halogens is 1. The molecule has 2 rings (SSSR count). The van der Waals surface area contributed by atoms with E-state index in [0.717, 1.165) is 5.56 Å². The zero-order chi connectivity index (χ0) is 18.2. The molecular weight excluding hydrogens is 342 g/mol. The highest BCUT2D eigenvalue weighted by Gasteiger charge is 2.18. The highest BCUT2D eigenvalue weighted by atomic mass is 35.5.